The van der Waals surface area contributed by atoms with Crippen molar-refractivity contribution in [3.63, 3.8) is 0 Å². The molecule has 2 aromatic carbocycles. The first-order valence-electron chi connectivity index (χ1n) is 10.2. The van der Waals surface area contributed by atoms with Gasteiger partial charge in [0.05, 0.1) is 25.3 Å². The Balaban J connectivity index is 1.53. The first-order chi connectivity index (χ1) is 14.6. The van der Waals surface area contributed by atoms with Crippen molar-refractivity contribution in [3.05, 3.63) is 65.4 Å². The summed E-state index contributed by atoms with van der Waals surface area (Å²) in [6.07, 6.45) is 0.292. The molecule has 2 aliphatic heterocycles. The SMILES string of the molecule is O=C(O)[C@@H]1Cc2c([nH]c3ccccc23)CN1C(=O)c1ccccc1N1CCOCC1. The van der Waals surface area contributed by atoms with Crippen LogP contribution in [-0.2, 0) is 22.5 Å². The van der Waals surface area contributed by atoms with Gasteiger partial charge in [0.25, 0.3) is 5.91 Å². The second kappa shape index (κ2) is 7.50. The van der Waals surface area contributed by atoms with Gasteiger partial charge in [0.1, 0.15) is 6.04 Å². The van der Waals surface area contributed by atoms with Crippen molar-refractivity contribution < 1.29 is 19.4 Å². The van der Waals surface area contributed by atoms with Crippen LogP contribution >= 0.6 is 0 Å². The van der Waals surface area contributed by atoms with E-state index in [1.54, 1.807) is 6.07 Å². The number of carboxylic acids is 1. The number of nitrogens with zero attached hydrogens (tertiary/aromatic N) is 2. The summed E-state index contributed by atoms with van der Waals surface area (Å²) in [5, 5.41) is 11.0. The van der Waals surface area contributed by atoms with Crippen molar-refractivity contribution in [2.45, 2.75) is 19.0 Å². The topological polar surface area (TPSA) is 85.9 Å². The van der Waals surface area contributed by atoms with Gasteiger partial charge in [0.2, 0.25) is 0 Å². The van der Waals surface area contributed by atoms with Crippen LogP contribution in [0.4, 0.5) is 5.69 Å². The second-order valence-electron chi connectivity index (χ2n) is 7.74. The number of aromatic amines is 1. The van der Waals surface area contributed by atoms with Crippen LogP contribution in [0.5, 0.6) is 0 Å². The standard InChI is InChI=1S/C23H23N3O4/c27-22(16-6-2-4-8-20(16)25-9-11-30-12-10-25)26-14-19-17(13-21(26)23(28)29)15-5-1-3-7-18(15)24-19/h1-8,21,24H,9-14H2,(H,28,29)/t21-/m0/s1. The molecule has 0 bridgehead atoms. The molecule has 3 heterocycles. The summed E-state index contributed by atoms with van der Waals surface area (Å²) in [7, 11) is 0. The molecule has 1 saturated heterocycles. The molecular formula is C23H23N3O4. The van der Waals surface area contributed by atoms with E-state index >= 15 is 0 Å². The van der Waals surface area contributed by atoms with Crippen molar-refractivity contribution >= 4 is 28.5 Å². The summed E-state index contributed by atoms with van der Waals surface area (Å²) in [4.78, 5) is 32.7. The minimum atomic E-state index is -0.983. The Morgan fingerprint density at radius 2 is 1.77 bits per heavy atom. The fourth-order valence-electron chi connectivity index (χ4n) is 4.53. The maximum absolute atomic E-state index is 13.6. The lowest BCUT2D eigenvalue weighted by Gasteiger charge is -2.35. The number of amides is 1. The largest absolute Gasteiger partial charge is 0.480 e. The molecule has 2 N–H and O–H groups in total. The Morgan fingerprint density at radius 1 is 1.03 bits per heavy atom. The summed E-state index contributed by atoms with van der Waals surface area (Å²) in [6, 6.07) is 14.4. The number of rotatable bonds is 3. The van der Waals surface area contributed by atoms with E-state index in [0.29, 0.717) is 38.3 Å². The van der Waals surface area contributed by atoms with Crippen LogP contribution in [0.25, 0.3) is 10.9 Å². The Kier molecular flexibility index (Phi) is 4.67. The highest BCUT2D eigenvalue weighted by atomic mass is 16.5. The number of morpholine rings is 1. The van der Waals surface area contributed by atoms with Crippen molar-refractivity contribution in [3.8, 4) is 0 Å². The molecule has 1 amide bonds. The molecule has 30 heavy (non-hydrogen) atoms. The highest BCUT2D eigenvalue weighted by Gasteiger charge is 2.37. The first-order valence-corrected chi connectivity index (χ1v) is 10.2. The molecule has 5 rings (SSSR count). The molecule has 1 aromatic heterocycles. The maximum Gasteiger partial charge on any atom is 0.326 e. The number of aromatic nitrogens is 1. The Bertz CT molecular complexity index is 1120. The number of benzene rings is 2. The number of hydrogen-bond acceptors (Lipinski definition) is 4. The zero-order valence-corrected chi connectivity index (χ0v) is 16.5. The number of H-pyrrole nitrogens is 1. The number of aliphatic carboxylic acids is 1. The molecule has 0 unspecified atom stereocenters. The highest BCUT2D eigenvalue weighted by molar-refractivity contribution is 6.02. The third kappa shape index (κ3) is 3.11. The summed E-state index contributed by atoms with van der Waals surface area (Å²) in [6.45, 7) is 2.89. The minimum absolute atomic E-state index is 0.247. The van der Waals surface area contributed by atoms with Crippen LogP contribution in [0.3, 0.4) is 0 Å². The normalized spacial score (nSPS) is 19.0. The summed E-state index contributed by atoms with van der Waals surface area (Å²) in [5.74, 6) is -1.24. The van der Waals surface area contributed by atoms with E-state index in [9.17, 15) is 14.7 Å². The van der Waals surface area contributed by atoms with E-state index in [2.05, 4.69) is 9.88 Å². The molecule has 0 saturated carbocycles. The lowest BCUT2D eigenvalue weighted by molar-refractivity contribution is -0.142. The van der Waals surface area contributed by atoms with E-state index in [0.717, 1.165) is 27.8 Å². The monoisotopic (exact) mass is 405 g/mol. The van der Waals surface area contributed by atoms with E-state index in [1.807, 2.05) is 42.5 Å². The average molecular weight is 405 g/mol. The van der Waals surface area contributed by atoms with Gasteiger partial charge in [-0.1, -0.05) is 30.3 Å². The first kappa shape index (κ1) is 18.7. The van der Waals surface area contributed by atoms with Gasteiger partial charge in [0.15, 0.2) is 0 Å². The van der Waals surface area contributed by atoms with Gasteiger partial charge in [0, 0.05) is 41.8 Å². The zero-order valence-electron chi connectivity index (χ0n) is 16.5. The van der Waals surface area contributed by atoms with Crippen LogP contribution in [0, 0.1) is 0 Å². The average Bonchev–Trinajstić information content (AvgIpc) is 3.16. The van der Waals surface area contributed by atoms with Crippen molar-refractivity contribution in [1.82, 2.24) is 9.88 Å². The minimum Gasteiger partial charge on any atom is -0.480 e. The second-order valence-corrected chi connectivity index (χ2v) is 7.74. The van der Waals surface area contributed by atoms with E-state index < -0.39 is 12.0 Å². The number of anilines is 1. The number of carboxylic acid groups (broad SMARTS) is 1. The molecular weight excluding hydrogens is 382 g/mol. The van der Waals surface area contributed by atoms with Gasteiger partial charge in [-0.25, -0.2) is 4.79 Å². The smallest absolute Gasteiger partial charge is 0.326 e. The number of fused-ring (bicyclic) bond motifs is 3. The van der Waals surface area contributed by atoms with E-state index in [4.69, 9.17) is 4.74 Å². The number of hydrogen-bond donors (Lipinski definition) is 2. The Hall–Kier alpha value is -3.32. The Morgan fingerprint density at radius 3 is 2.57 bits per heavy atom. The van der Waals surface area contributed by atoms with Crippen molar-refractivity contribution in [1.29, 1.82) is 0 Å². The number of nitrogens with one attached hydrogen (secondary N) is 1. The molecule has 1 fully saturated rings. The van der Waals surface area contributed by atoms with Crippen molar-refractivity contribution in [2.24, 2.45) is 0 Å². The van der Waals surface area contributed by atoms with Crippen molar-refractivity contribution in [2.75, 3.05) is 31.2 Å². The van der Waals surface area contributed by atoms with Crippen LogP contribution < -0.4 is 4.90 Å². The summed E-state index contributed by atoms with van der Waals surface area (Å²) < 4.78 is 5.44. The zero-order chi connectivity index (χ0) is 20.7. The molecule has 7 heteroatoms. The quantitative estimate of drug-likeness (QED) is 0.700. The molecule has 0 spiro atoms. The van der Waals surface area contributed by atoms with E-state index in [1.165, 1.54) is 4.90 Å². The molecule has 0 radical (unpaired) electrons. The number of ether oxygens (including phenoxy) is 1. The van der Waals surface area contributed by atoms with Crippen LogP contribution in [0.15, 0.2) is 48.5 Å². The number of para-hydroxylation sites is 2. The summed E-state index contributed by atoms with van der Waals surface area (Å²) in [5.41, 5.74) is 4.23. The van der Waals surface area contributed by atoms with Crippen LogP contribution in [0.2, 0.25) is 0 Å². The Labute approximate surface area is 173 Å². The van der Waals surface area contributed by atoms with Gasteiger partial charge in [-0.3, -0.25) is 4.79 Å². The van der Waals surface area contributed by atoms with Gasteiger partial charge in [-0.15, -0.1) is 0 Å². The van der Waals surface area contributed by atoms with Gasteiger partial charge < -0.3 is 24.6 Å². The predicted octanol–water partition coefficient (Wildman–Crippen LogP) is 2.66. The van der Waals surface area contributed by atoms with Gasteiger partial charge in [-0.2, -0.15) is 0 Å². The van der Waals surface area contributed by atoms with E-state index in [-0.39, 0.29) is 12.5 Å². The van der Waals surface area contributed by atoms with Crippen LogP contribution in [-0.4, -0.2) is 59.2 Å². The molecule has 7 nitrogen and oxygen atoms in total. The molecule has 154 valence electrons. The lowest BCUT2D eigenvalue weighted by Crippen LogP contribution is -2.49. The number of carbonyl (C=O) groups is 2. The molecule has 2 aliphatic rings. The third-order valence-electron chi connectivity index (χ3n) is 6.04. The highest BCUT2D eigenvalue weighted by Crippen LogP contribution is 2.32. The van der Waals surface area contributed by atoms with Gasteiger partial charge in [-0.05, 0) is 23.8 Å². The molecule has 1 atom stereocenters. The lowest BCUT2D eigenvalue weighted by atomic mass is 9.95. The molecule has 0 aliphatic carbocycles. The number of carbonyl (C=O) groups excluding carboxylic acids is 1. The van der Waals surface area contributed by atoms with Gasteiger partial charge >= 0.3 is 5.97 Å². The fraction of sp³-hybridized carbons (Fsp3) is 0.304. The fourth-order valence-corrected chi connectivity index (χ4v) is 4.53. The maximum atomic E-state index is 13.6. The third-order valence-corrected chi connectivity index (χ3v) is 6.04. The predicted molar refractivity (Wildman–Crippen MR) is 113 cm³/mol. The molecule has 3 aromatic rings. The summed E-state index contributed by atoms with van der Waals surface area (Å²) >= 11 is 0. The van der Waals surface area contributed by atoms with Crippen LogP contribution in [0.1, 0.15) is 21.6 Å².